The molecule has 0 radical (unpaired) electrons. The Kier molecular flexibility index (Phi) is 5.78. The number of nitrogens with one attached hydrogen (secondary N) is 1. The topological polar surface area (TPSA) is 70.6 Å². The van der Waals surface area contributed by atoms with Crippen molar-refractivity contribution in [1.82, 2.24) is 5.32 Å². The summed E-state index contributed by atoms with van der Waals surface area (Å²) in [6, 6.07) is 12.4. The molecule has 0 spiro atoms. The second kappa shape index (κ2) is 7.81. The molecule has 1 aromatic heterocycles. The Labute approximate surface area is 129 Å². The number of benzene rings is 1. The van der Waals surface area contributed by atoms with Crippen LogP contribution < -0.4 is 11.1 Å². The quantitative estimate of drug-likeness (QED) is 0.317. The molecule has 0 saturated heterocycles. The van der Waals surface area contributed by atoms with Crippen LogP contribution in [0.4, 0.5) is 0 Å². The molecular formula is C16H21N3OS. The highest BCUT2D eigenvalue weighted by Gasteiger charge is 2.11. The van der Waals surface area contributed by atoms with Gasteiger partial charge in [0, 0.05) is 23.0 Å². The fraction of sp³-hybridized carbons (Fsp3) is 0.312. The fourth-order valence-corrected chi connectivity index (χ4v) is 3.10. The summed E-state index contributed by atoms with van der Waals surface area (Å²) >= 11 is 1.78. The summed E-state index contributed by atoms with van der Waals surface area (Å²) in [5.41, 5.74) is 7.48. The summed E-state index contributed by atoms with van der Waals surface area (Å²) in [6.07, 6.45) is 2.25. The molecule has 4 N–H and O–H groups in total. The van der Waals surface area contributed by atoms with Crippen molar-refractivity contribution in [1.29, 1.82) is 0 Å². The Morgan fingerprint density at radius 3 is 2.90 bits per heavy atom. The van der Waals surface area contributed by atoms with Crippen LogP contribution in [0, 0.1) is 0 Å². The Bertz CT molecular complexity index is 581. The third-order valence-electron chi connectivity index (χ3n) is 3.35. The van der Waals surface area contributed by atoms with Crippen LogP contribution in [-0.4, -0.2) is 11.0 Å². The zero-order valence-corrected chi connectivity index (χ0v) is 12.9. The average molecular weight is 303 g/mol. The van der Waals surface area contributed by atoms with E-state index < -0.39 is 0 Å². The SMILES string of the molecule is CCCC(NCc1cccc(C(N)=NO)c1)c1cccs1. The van der Waals surface area contributed by atoms with Crippen molar-refractivity contribution in [2.45, 2.75) is 32.4 Å². The van der Waals surface area contributed by atoms with E-state index in [0.717, 1.165) is 30.5 Å². The van der Waals surface area contributed by atoms with Crippen molar-refractivity contribution in [3.8, 4) is 0 Å². The molecule has 0 aliphatic heterocycles. The number of hydrogen-bond donors (Lipinski definition) is 3. The van der Waals surface area contributed by atoms with Crippen LogP contribution in [0.25, 0.3) is 0 Å². The summed E-state index contributed by atoms with van der Waals surface area (Å²) in [4.78, 5) is 1.37. The molecule has 1 heterocycles. The minimum Gasteiger partial charge on any atom is -0.409 e. The molecule has 1 aromatic carbocycles. The lowest BCUT2D eigenvalue weighted by molar-refractivity contribution is 0.318. The molecule has 0 bridgehead atoms. The number of oxime groups is 1. The highest BCUT2D eigenvalue weighted by atomic mass is 32.1. The van der Waals surface area contributed by atoms with Crippen LogP contribution in [0.1, 0.15) is 41.8 Å². The molecule has 1 atom stereocenters. The van der Waals surface area contributed by atoms with Gasteiger partial charge in [-0.05, 0) is 29.5 Å². The molecule has 2 aromatic rings. The first-order valence-corrected chi connectivity index (χ1v) is 7.96. The Hall–Kier alpha value is -1.85. The molecule has 0 aliphatic carbocycles. The zero-order valence-electron chi connectivity index (χ0n) is 12.1. The van der Waals surface area contributed by atoms with E-state index in [1.54, 1.807) is 11.3 Å². The first kappa shape index (κ1) is 15.5. The smallest absolute Gasteiger partial charge is 0.170 e. The third kappa shape index (κ3) is 4.31. The van der Waals surface area contributed by atoms with Crippen molar-refractivity contribution in [3.63, 3.8) is 0 Å². The summed E-state index contributed by atoms with van der Waals surface area (Å²) in [5.74, 6) is 0.139. The highest BCUT2D eigenvalue weighted by molar-refractivity contribution is 7.10. The lowest BCUT2D eigenvalue weighted by Gasteiger charge is -2.17. The van der Waals surface area contributed by atoms with Crippen molar-refractivity contribution < 1.29 is 5.21 Å². The van der Waals surface area contributed by atoms with Gasteiger partial charge >= 0.3 is 0 Å². The van der Waals surface area contributed by atoms with Gasteiger partial charge in [0.1, 0.15) is 0 Å². The van der Waals surface area contributed by atoms with Gasteiger partial charge in [-0.15, -0.1) is 11.3 Å². The molecule has 4 nitrogen and oxygen atoms in total. The van der Waals surface area contributed by atoms with Crippen LogP contribution in [0.2, 0.25) is 0 Å². The minimum atomic E-state index is 0.139. The highest BCUT2D eigenvalue weighted by Crippen LogP contribution is 2.23. The van der Waals surface area contributed by atoms with Crippen molar-refractivity contribution in [3.05, 3.63) is 57.8 Å². The molecule has 0 aliphatic rings. The number of amidine groups is 1. The van der Waals surface area contributed by atoms with Gasteiger partial charge in [-0.1, -0.05) is 42.8 Å². The normalized spacial score (nSPS) is 13.3. The van der Waals surface area contributed by atoms with Gasteiger partial charge in [-0.2, -0.15) is 0 Å². The second-order valence-corrected chi connectivity index (χ2v) is 5.90. The monoisotopic (exact) mass is 303 g/mol. The standard InChI is InChI=1S/C16H21N3OS/c1-2-5-14(15-8-4-9-21-15)18-11-12-6-3-7-13(10-12)16(17)19-20/h3-4,6-10,14,18,20H,2,5,11H2,1H3,(H2,17,19). The van der Waals surface area contributed by atoms with E-state index in [9.17, 15) is 0 Å². The van der Waals surface area contributed by atoms with Crippen LogP contribution in [-0.2, 0) is 6.54 Å². The molecule has 0 saturated carbocycles. The van der Waals surface area contributed by atoms with Gasteiger partial charge in [-0.3, -0.25) is 0 Å². The van der Waals surface area contributed by atoms with Gasteiger partial charge in [-0.25, -0.2) is 0 Å². The molecule has 112 valence electrons. The largest absolute Gasteiger partial charge is 0.409 e. The number of nitrogens with zero attached hydrogens (tertiary/aromatic N) is 1. The van der Waals surface area contributed by atoms with Gasteiger partial charge in [0.05, 0.1) is 0 Å². The maximum atomic E-state index is 8.74. The van der Waals surface area contributed by atoms with E-state index >= 15 is 0 Å². The predicted molar refractivity (Wildman–Crippen MR) is 87.8 cm³/mol. The Morgan fingerprint density at radius 1 is 1.38 bits per heavy atom. The Morgan fingerprint density at radius 2 is 2.24 bits per heavy atom. The van der Waals surface area contributed by atoms with Gasteiger partial charge in [0.15, 0.2) is 5.84 Å². The average Bonchev–Trinajstić information content (AvgIpc) is 3.05. The van der Waals surface area contributed by atoms with E-state index in [4.69, 9.17) is 10.9 Å². The molecule has 0 amide bonds. The lowest BCUT2D eigenvalue weighted by atomic mass is 10.1. The van der Waals surface area contributed by atoms with E-state index in [-0.39, 0.29) is 5.84 Å². The summed E-state index contributed by atoms with van der Waals surface area (Å²) in [7, 11) is 0. The molecular weight excluding hydrogens is 282 g/mol. The molecule has 1 unspecified atom stereocenters. The van der Waals surface area contributed by atoms with Crippen LogP contribution in [0.3, 0.4) is 0 Å². The van der Waals surface area contributed by atoms with Gasteiger partial charge in [0.2, 0.25) is 0 Å². The minimum absolute atomic E-state index is 0.139. The van der Waals surface area contributed by atoms with E-state index in [1.807, 2.05) is 24.3 Å². The lowest BCUT2D eigenvalue weighted by Crippen LogP contribution is -2.20. The first-order chi connectivity index (χ1) is 10.2. The summed E-state index contributed by atoms with van der Waals surface area (Å²) in [5, 5.41) is 17.5. The Balaban J connectivity index is 2.04. The van der Waals surface area contributed by atoms with E-state index in [1.165, 1.54) is 4.88 Å². The molecule has 2 rings (SSSR count). The van der Waals surface area contributed by atoms with E-state index in [0.29, 0.717) is 6.04 Å². The molecule has 0 fully saturated rings. The first-order valence-electron chi connectivity index (χ1n) is 7.08. The molecule has 21 heavy (non-hydrogen) atoms. The fourth-order valence-electron chi connectivity index (χ4n) is 2.26. The van der Waals surface area contributed by atoms with Crippen LogP contribution in [0.15, 0.2) is 46.9 Å². The maximum absolute atomic E-state index is 8.74. The van der Waals surface area contributed by atoms with E-state index in [2.05, 4.69) is 34.9 Å². The van der Waals surface area contributed by atoms with Crippen LogP contribution in [0.5, 0.6) is 0 Å². The third-order valence-corrected chi connectivity index (χ3v) is 4.33. The maximum Gasteiger partial charge on any atom is 0.170 e. The second-order valence-electron chi connectivity index (χ2n) is 4.92. The van der Waals surface area contributed by atoms with Gasteiger partial charge in [0.25, 0.3) is 0 Å². The molecule has 5 heteroatoms. The van der Waals surface area contributed by atoms with Crippen LogP contribution >= 0.6 is 11.3 Å². The number of rotatable bonds is 7. The summed E-state index contributed by atoms with van der Waals surface area (Å²) < 4.78 is 0. The van der Waals surface area contributed by atoms with Crippen molar-refractivity contribution in [2.24, 2.45) is 10.9 Å². The number of thiophene rings is 1. The number of hydrogen-bond acceptors (Lipinski definition) is 4. The van der Waals surface area contributed by atoms with Crippen molar-refractivity contribution in [2.75, 3.05) is 0 Å². The zero-order chi connectivity index (χ0) is 15.1. The van der Waals surface area contributed by atoms with Gasteiger partial charge < -0.3 is 16.3 Å². The summed E-state index contributed by atoms with van der Waals surface area (Å²) in [6.45, 7) is 2.95. The predicted octanol–water partition coefficient (Wildman–Crippen LogP) is 3.47. The van der Waals surface area contributed by atoms with Crippen molar-refractivity contribution >= 4 is 17.2 Å². The number of nitrogens with two attached hydrogens (primary N) is 1.